The van der Waals surface area contributed by atoms with Crippen molar-refractivity contribution < 1.29 is 4.39 Å². The van der Waals surface area contributed by atoms with Gasteiger partial charge in [0.1, 0.15) is 11.9 Å². The van der Waals surface area contributed by atoms with E-state index in [2.05, 4.69) is 11.8 Å². The molecule has 102 valence electrons. The Morgan fingerprint density at radius 3 is 2.95 bits per heavy atom. The van der Waals surface area contributed by atoms with Crippen molar-refractivity contribution in [2.45, 2.75) is 32.4 Å². The zero-order chi connectivity index (χ0) is 13.8. The predicted octanol–water partition coefficient (Wildman–Crippen LogP) is 2.26. The summed E-state index contributed by atoms with van der Waals surface area (Å²) in [4.78, 5) is 2.26. The number of piperidine rings is 1. The topological polar surface area (TPSA) is 53.0 Å². The molecule has 19 heavy (non-hydrogen) atoms. The first-order valence-electron chi connectivity index (χ1n) is 6.77. The Bertz CT molecular complexity index is 481. The number of hydrogen-bond acceptors (Lipinski definition) is 3. The summed E-state index contributed by atoms with van der Waals surface area (Å²) < 4.78 is 14.1. The third-order valence-electron chi connectivity index (χ3n) is 4.01. The lowest BCUT2D eigenvalue weighted by Crippen LogP contribution is -2.43. The summed E-state index contributed by atoms with van der Waals surface area (Å²) in [6.07, 6.45) is 2.25. The lowest BCUT2D eigenvalue weighted by atomic mass is 9.93. The highest BCUT2D eigenvalue weighted by Crippen LogP contribution is 2.24. The molecule has 2 unspecified atom stereocenters. The standard InChI is InChI=1S/C15H20FN3/c1-11-5-6-12(7-17)9-19(11)10-14-4-2-3-13(8-18)15(14)16/h2-4,11-12H,5-7,9-10,17H2,1H3. The number of halogens is 1. The molecule has 1 aliphatic heterocycles. The number of nitriles is 1. The fourth-order valence-electron chi connectivity index (χ4n) is 2.68. The summed E-state index contributed by atoms with van der Waals surface area (Å²) in [7, 11) is 0. The van der Waals surface area contributed by atoms with Crippen LogP contribution in [0, 0.1) is 23.1 Å². The maximum Gasteiger partial charge on any atom is 0.145 e. The average Bonchev–Trinajstić information content (AvgIpc) is 2.43. The van der Waals surface area contributed by atoms with E-state index in [-0.39, 0.29) is 11.4 Å². The van der Waals surface area contributed by atoms with Gasteiger partial charge in [-0.3, -0.25) is 4.90 Å². The van der Waals surface area contributed by atoms with Crippen LogP contribution in [0.5, 0.6) is 0 Å². The van der Waals surface area contributed by atoms with Gasteiger partial charge < -0.3 is 5.73 Å². The number of benzene rings is 1. The van der Waals surface area contributed by atoms with Crippen LogP contribution in [0.1, 0.15) is 30.9 Å². The molecule has 2 atom stereocenters. The van der Waals surface area contributed by atoms with Crippen LogP contribution in [0.4, 0.5) is 4.39 Å². The molecule has 2 rings (SSSR count). The van der Waals surface area contributed by atoms with Crippen molar-refractivity contribution >= 4 is 0 Å². The maximum atomic E-state index is 14.1. The third-order valence-corrected chi connectivity index (χ3v) is 4.01. The van der Waals surface area contributed by atoms with Gasteiger partial charge in [-0.15, -0.1) is 0 Å². The summed E-state index contributed by atoms with van der Waals surface area (Å²) in [5.74, 6) is 0.116. The van der Waals surface area contributed by atoms with Gasteiger partial charge in [0.15, 0.2) is 0 Å². The van der Waals surface area contributed by atoms with Gasteiger partial charge in [-0.25, -0.2) is 4.39 Å². The molecule has 0 bridgehead atoms. The van der Waals surface area contributed by atoms with E-state index in [4.69, 9.17) is 11.0 Å². The van der Waals surface area contributed by atoms with Crippen LogP contribution in [0.3, 0.4) is 0 Å². The zero-order valence-corrected chi connectivity index (χ0v) is 11.3. The first-order chi connectivity index (χ1) is 9.15. The highest BCUT2D eigenvalue weighted by Gasteiger charge is 2.25. The highest BCUT2D eigenvalue weighted by atomic mass is 19.1. The van der Waals surface area contributed by atoms with E-state index in [1.54, 1.807) is 12.1 Å². The van der Waals surface area contributed by atoms with Gasteiger partial charge in [-0.2, -0.15) is 5.26 Å². The minimum absolute atomic E-state index is 0.123. The molecule has 0 saturated carbocycles. The summed E-state index contributed by atoms with van der Waals surface area (Å²) in [5, 5.41) is 8.86. The van der Waals surface area contributed by atoms with Crippen LogP contribution < -0.4 is 5.73 Å². The van der Waals surface area contributed by atoms with Gasteiger partial charge >= 0.3 is 0 Å². The van der Waals surface area contributed by atoms with E-state index < -0.39 is 0 Å². The van der Waals surface area contributed by atoms with Gasteiger partial charge in [0.2, 0.25) is 0 Å². The molecule has 0 aromatic heterocycles. The molecule has 1 saturated heterocycles. The van der Waals surface area contributed by atoms with Crippen molar-refractivity contribution in [3.05, 3.63) is 35.1 Å². The first-order valence-corrected chi connectivity index (χ1v) is 6.77. The SMILES string of the molecule is CC1CCC(CN)CN1Cc1cccc(C#N)c1F. The van der Waals surface area contributed by atoms with Crippen molar-refractivity contribution in [2.24, 2.45) is 11.7 Å². The van der Waals surface area contributed by atoms with Crippen molar-refractivity contribution in [2.75, 3.05) is 13.1 Å². The zero-order valence-electron chi connectivity index (χ0n) is 11.3. The Labute approximate surface area is 113 Å². The van der Waals surface area contributed by atoms with Gasteiger partial charge in [0, 0.05) is 24.7 Å². The number of nitrogens with zero attached hydrogens (tertiary/aromatic N) is 2. The van der Waals surface area contributed by atoms with Crippen LogP contribution in [0.15, 0.2) is 18.2 Å². The quantitative estimate of drug-likeness (QED) is 0.908. The molecule has 1 aliphatic rings. The second-order valence-electron chi connectivity index (χ2n) is 5.35. The fourth-order valence-corrected chi connectivity index (χ4v) is 2.68. The summed E-state index contributed by atoms with van der Waals surface area (Å²) in [6, 6.07) is 7.34. The number of hydrogen-bond donors (Lipinski definition) is 1. The van der Waals surface area contributed by atoms with Crippen molar-refractivity contribution in [3.63, 3.8) is 0 Å². The molecule has 0 amide bonds. The lowest BCUT2D eigenvalue weighted by Gasteiger charge is -2.37. The van der Waals surface area contributed by atoms with Gasteiger partial charge in [0.25, 0.3) is 0 Å². The molecule has 1 aromatic rings. The smallest absolute Gasteiger partial charge is 0.145 e. The Hall–Kier alpha value is -1.44. The molecule has 1 heterocycles. The average molecular weight is 261 g/mol. The summed E-state index contributed by atoms with van der Waals surface area (Å²) in [5.41, 5.74) is 6.46. The van der Waals surface area contributed by atoms with E-state index in [1.807, 2.05) is 6.07 Å². The van der Waals surface area contributed by atoms with E-state index in [1.165, 1.54) is 6.07 Å². The Morgan fingerprint density at radius 1 is 1.47 bits per heavy atom. The van der Waals surface area contributed by atoms with Crippen molar-refractivity contribution in [1.29, 1.82) is 5.26 Å². The predicted molar refractivity (Wildman–Crippen MR) is 72.8 cm³/mol. The molecule has 0 radical (unpaired) electrons. The third kappa shape index (κ3) is 3.12. The lowest BCUT2D eigenvalue weighted by molar-refractivity contribution is 0.112. The summed E-state index contributed by atoms with van der Waals surface area (Å²) >= 11 is 0. The Balaban J connectivity index is 2.14. The molecule has 3 nitrogen and oxygen atoms in total. The van der Waals surface area contributed by atoms with Crippen LogP contribution in [0.25, 0.3) is 0 Å². The molecule has 4 heteroatoms. The number of rotatable bonds is 3. The second-order valence-corrected chi connectivity index (χ2v) is 5.35. The molecule has 1 aromatic carbocycles. The normalized spacial score (nSPS) is 24.1. The molecular formula is C15H20FN3. The Kier molecular flexibility index (Phi) is 4.52. The number of nitrogens with two attached hydrogens (primary N) is 1. The van der Waals surface area contributed by atoms with Crippen LogP contribution in [-0.2, 0) is 6.54 Å². The summed E-state index contributed by atoms with van der Waals surface area (Å²) in [6.45, 7) is 4.32. The molecule has 0 aliphatic carbocycles. The molecule has 2 N–H and O–H groups in total. The monoisotopic (exact) mass is 261 g/mol. The fraction of sp³-hybridized carbons (Fsp3) is 0.533. The van der Waals surface area contributed by atoms with Gasteiger partial charge in [0.05, 0.1) is 5.56 Å². The van der Waals surface area contributed by atoms with Gasteiger partial charge in [-0.1, -0.05) is 12.1 Å². The maximum absolute atomic E-state index is 14.1. The van der Waals surface area contributed by atoms with E-state index >= 15 is 0 Å². The molecular weight excluding hydrogens is 241 g/mol. The first kappa shape index (κ1) is 14.0. The second kappa shape index (κ2) is 6.14. The van der Waals surface area contributed by atoms with Gasteiger partial charge in [-0.05, 0) is 38.3 Å². The van der Waals surface area contributed by atoms with E-state index in [9.17, 15) is 4.39 Å². The molecule has 1 fully saturated rings. The Morgan fingerprint density at radius 2 is 2.26 bits per heavy atom. The molecule has 0 spiro atoms. The largest absolute Gasteiger partial charge is 0.330 e. The van der Waals surface area contributed by atoms with Crippen molar-refractivity contribution in [1.82, 2.24) is 4.90 Å². The van der Waals surface area contributed by atoms with Crippen LogP contribution in [0.2, 0.25) is 0 Å². The minimum Gasteiger partial charge on any atom is -0.330 e. The van der Waals surface area contributed by atoms with Crippen molar-refractivity contribution in [3.8, 4) is 6.07 Å². The van der Waals surface area contributed by atoms with E-state index in [0.29, 0.717) is 30.6 Å². The van der Waals surface area contributed by atoms with E-state index in [0.717, 1.165) is 19.4 Å². The minimum atomic E-state index is -0.382. The van der Waals surface area contributed by atoms with Crippen LogP contribution >= 0.6 is 0 Å². The van der Waals surface area contributed by atoms with Crippen LogP contribution in [-0.4, -0.2) is 24.0 Å². The number of likely N-dealkylation sites (tertiary alicyclic amines) is 1. The highest BCUT2D eigenvalue weighted by molar-refractivity contribution is 5.34.